The number of halogens is 2. The van der Waals surface area contributed by atoms with Gasteiger partial charge in [0.15, 0.2) is 35.2 Å². The number of allylic oxidation sites excluding steroid dienone is 4. The molecule has 0 aromatic heterocycles. The molecule has 0 radical (unpaired) electrons. The summed E-state index contributed by atoms with van der Waals surface area (Å²) in [5.74, 6) is -7.74. The molecule has 1 saturated heterocycles. The van der Waals surface area contributed by atoms with Gasteiger partial charge in [0.2, 0.25) is 5.78 Å². The van der Waals surface area contributed by atoms with Crippen molar-refractivity contribution in [2.24, 2.45) is 34.5 Å². The third kappa shape index (κ3) is 7.63. The molecule has 3 saturated carbocycles. The fraction of sp³-hybridized carbons (Fsp3) is 0.605. The summed E-state index contributed by atoms with van der Waals surface area (Å²) in [6.07, 6.45) is -2.14. The standard InChI is InChI=1S/C38H46F2N2O17/c1-35-10-8-21(43)15-26(35)27(39)17-25-24-16-23-22(9-13-57-42(51)52)33(47)59-38(23,36(24,2)18-30(44)37(25,35)40)31(45)19-55-34(48)58-28-7-6-20(14-29(28)53-3)32(46)54-11-4-5-12-56-41(49)50/h6-8,10,14-15,22-25,27,30,44,49-52H,4-5,9,11-13,16-19H2,1-3H3/t22?,23-,24?,25?,27-,30-,35-,36-,37-,38-/m0/s1. The van der Waals surface area contributed by atoms with Gasteiger partial charge < -0.3 is 28.8 Å². The zero-order chi connectivity index (χ0) is 43.1. The predicted octanol–water partition coefficient (Wildman–Crippen LogP) is 3.59. The van der Waals surface area contributed by atoms with Crippen molar-refractivity contribution in [2.45, 2.75) is 75.9 Å². The minimum atomic E-state index is -2.52. The van der Waals surface area contributed by atoms with E-state index in [1.165, 1.54) is 38.3 Å². The molecule has 0 amide bonds. The molecule has 1 aliphatic heterocycles. The maximum atomic E-state index is 17.9. The van der Waals surface area contributed by atoms with Crippen LogP contribution in [0.15, 0.2) is 42.0 Å². The van der Waals surface area contributed by atoms with E-state index in [-0.39, 0.29) is 48.7 Å². The van der Waals surface area contributed by atoms with Crippen molar-refractivity contribution in [3.05, 3.63) is 47.6 Å². The predicted molar refractivity (Wildman–Crippen MR) is 187 cm³/mol. The topological polar surface area (TPSA) is 258 Å². The summed E-state index contributed by atoms with van der Waals surface area (Å²) in [6, 6.07) is 3.69. The van der Waals surface area contributed by atoms with Crippen LogP contribution in [0.2, 0.25) is 0 Å². The van der Waals surface area contributed by atoms with E-state index in [1.807, 2.05) is 0 Å². The minimum absolute atomic E-state index is 0.0204. The first-order chi connectivity index (χ1) is 27.8. The van der Waals surface area contributed by atoms with Crippen molar-refractivity contribution in [3.8, 4) is 11.5 Å². The van der Waals surface area contributed by atoms with Crippen molar-refractivity contribution in [3.63, 3.8) is 0 Å². The number of ether oxygens (including phenoxy) is 5. The van der Waals surface area contributed by atoms with Crippen LogP contribution in [0.3, 0.4) is 0 Å². The average molecular weight is 841 g/mol. The highest BCUT2D eigenvalue weighted by molar-refractivity contribution is 6.01. The second kappa shape index (κ2) is 16.9. The number of carbonyl (C=O) groups is 5. The van der Waals surface area contributed by atoms with Gasteiger partial charge in [0.25, 0.3) is 0 Å². The van der Waals surface area contributed by atoms with E-state index in [9.17, 15) is 29.1 Å². The van der Waals surface area contributed by atoms with Gasteiger partial charge in [-0.15, -0.1) is 0 Å². The number of rotatable bonds is 16. The summed E-state index contributed by atoms with van der Waals surface area (Å²) < 4.78 is 60.9. The molecule has 3 unspecified atom stereocenters. The number of aliphatic hydroxyl groups is 1. The average Bonchev–Trinajstić information content (AvgIpc) is 3.60. The zero-order valence-corrected chi connectivity index (χ0v) is 32.3. The lowest BCUT2D eigenvalue weighted by atomic mass is 9.44. The number of hydrogen-bond donors (Lipinski definition) is 5. The molecule has 1 heterocycles. The molecular formula is C38H46F2N2O17. The number of carbonyl (C=O) groups excluding carboxylic acids is 5. The third-order valence-corrected chi connectivity index (χ3v) is 12.9. The minimum Gasteiger partial charge on any atom is -0.493 e. The van der Waals surface area contributed by atoms with Crippen molar-refractivity contribution in [2.75, 3.05) is 33.5 Å². The normalized spacial score (nSPS) is 34.3. The number of methoxy groups -OCH3 is 1. The molecule has 1 aromatic carbocycles. The van der Waals surface area contributed by atoms with Crippen LogP contribution < -0.4 is 9.47 Å². The Morgan fingerprint density at radius 3 is 2.32 bits per heavy atom. The lowest BCUT2D eigenvalue weighted by Gasteiger charge is -2.63. The number of hydrogen-bond acceptors (Lipinski definition) is 19. The van der Waals surface area contributed by atoms with Gasteiger partial charge in [-0.05, 0) is 87.3 Å². The summed E-state index contributed by atoms with van der Waals surface area (Å²) in [6.45, 7) is 1.41. The van der Waals surface area contributed by atoms with Crippen molar-refractivity contribution < 1.29 is 92.0 Å². The third-order valence-electron chi connectivity index (χ3n) is 12.9. The second-order valence-corrected chi connectivity index (χ2v) is 15.7. The Hall–Kier alpha value is -4.45. The number of Topliss-reactive ketones (excluding diaryl/α,β-unsaturated/α-hetero) is 1. The molecule has 21 heteroatoms. The Labute approximate surface area is 335 Å². The number of alkyl halides is 2. The van der Waals surface area contributed by atoms with Crippen LogP contribution in [0.1, 0.15) is 62.7 Å². The number of nitrogens with zero attached hydrogens (tertiary/aromatic N) is 2. The molecule has 19 nitrogen and oxygen atoms in total. The molecule has 10 atom stereocenters. The van der Waals surface area contributed by atoms with Crippen LogP contribution in [0, 0.1) is 34.5 Å². The van der Waals surface area contributed by atoms with Crippen molar-refractivity contribution in [1.82, 2.24) is 10.8 Å². The first kappa shape index (κ1) is 44.1. The lowest BCUT2D eigenvalue weighted by Crippen LogP contribution is -2.70. The first-order valence-corrected chi connectivity index (χ1v) is 18.9. The molecule has 324 valence electrons. The highest BCUT2D eigenvalue weighted by Crippen LogP contribution is 2.73. The summed E-state index contributed by atoms with van der Waals surface area (Å²) >= 11 is 0. The molecule has 5 aliphatic rings. The van der Waals surface area contributed by atoms with Crippen molar-refractivity contribution >= 4 is 29.7 Å². The maximum absolute atomic E-state index is 17.9. The quantitative estimate of drug-likeness (QED) is 0.0524. The van der Waals surface area contributed by atoms with E-state index in [0.29, 0.717) is 12.8 Å². The Morgan fingerprint density at radius 2 is 1.63 bits per heavy atom. The van der Waals surface area contributed by atoms with Crippen LogP contribution >= 0.6 is 0 Å². The summed E-state index contributed by atoms with van der Waals surface area (Å²) in [4.78, 5) is 75.1. The van der Waals surface area contributed by atoms with Crippen LogP contribution in [0.25, 0.3) is 0 Å². The number of fused-ring (bicyclic) bond motifs is 7. The molecule has 4 aliphatic carbocycles. The fourth-order valence-electron chi connectivity index (χ4n) is 10.3. The van der Waals surface area contributed by atoms with E-state index < -0.39 is 125 Å². The van der Waals surface area contributed by atoms with E-state index in [4.69, 9.17) is 44.5 Å². The zero-order valence-electron chi connectivity index (χ0n) is 32.3. The summed E-state index contributed by atoms with van der Waals surface area (Å²) in [7, 11) is 1.23. The SMILES string of the molecule is COc1cc(C(=O)OCCCCON(O)O)ccc1OC(=O)OCC(=O)[C@@]12OC(=O)C(CCON(O)O)[C@@H]1CC1C3C[C@H](F)C4=CC(=O)C=C[C@]4(C)[C@@]3(F)[C@@H](O)C[C@@]12C. The number of esters is 2. The smallest absolute Gasteiger partial charge is 0.493 e. The molecule has 0 bridgehead atoms. The Morgan fingerprint density at radius 1 is 0.932 bits per heavy atom. The largest absolute Gasteiger partial charge is 0.514 e. The molecular weight excluding hydrogens is 794 g/mol. The number of aliphatic hydroxyl groups excluding tert-OH is 1. The Kier molecular flexibility index (Phi) is 12.6. The number of ketones is 2. The molecule has 5 N–H and O–H groups in total. The first-order valence-electron chi connectivity index (χ1n) is 18.9. The monoisotopic (exact) mass is 840 g/mol. The summed E-state index contributed by atoms with van der Waals surface area (Å²) in [5, 5.41) is 46.1. The van der Waals surface area contributed by atoms with Gasteiger partial charge in [-0.3, -0.25) is 44.9 Å². The molecule has 6 rings (SSSR count). The van der Waals surface area contributed by atoms with Gasteiger partial charge in [-0.25, -0.2) is 18.4 Å². The lowest BCUT2D eigenvalue weighted by molar-refractivity contribution is -0.493. The van der Waals surface area contributed by atoms with Crippen LogP contribution in [-0.2, 0) is 38.3 Å². The molecule has 4 fully saturated rings. The Balaban J connectivity index is 1.21. The van der Waals surface area contributed by atoms with Crippen LogP contribution in [-0.4, -0.2) is 123 Å². The number of unbranched alkanes of at least 4 members (excludes halogenated alkanes) is 1. The van der Waals surface area contributed by atoms with Gasteiger partial charge in [-0.2, -0.15) is 0 Å². The number of benzene rings is 1. The van der Waals surface area contributed by atoms with Crippen LogP contribution in [0.4, 0.5) is 13.6 Å². The van der Waals surface area contributed by atoms with Gasteiger partial charge in [0, 0.05) is 22.7 Å². The van der Waals surface area contributed by atoms with Crippen LogP contribution in [0.5, 0.6) is 11.5 Å². The maximum Gasteiger partial charge on any atom is 0.514 e. The second-order valence-electron chi connectivity index (χ2n) is 15.7. The molecule has 0 spiro atoms. The van der Waals surface area contributed by atoms with Crippen molar-refractivity contribution in [1.29, 1.82) is 0 Å². The van der Waals surface area contributed by atoms with Gasteiger partial charge in [0.1, 0.15) is 6.17 Å². The van der Waals surface area contributed by atoms with E-state index in [2.05, 4.69) is 9.68 Å². The molecule has 59 heavy (non-hydrogen) atoms. The van der Waals surface area contributed by atoms with E-state index >= 15 is 8.78 Å². The molecule has 1 aromatic rings. The summed E-state index contributed by atoms with van der Waals surface area (Å²) in [5.41, 5.74) is -8.04. The highest BCUT2D eigenvalue weighted by atomic mass is 19.1. The Bertz CT molecular complexity index is 1890. The van der Waals surface area contributed by atoms with Gasteiger partial charge in [-0.1, -0.05) is 13.0 Å². The van der Waals surface area contributed by atoms with E-state index in [0.717, 1.165) is 12.2 Å². The highest BCUT2D eigenvalue weighted by Gasteiger charge is 2.81. The fourth-order valence-corrected chi connectivity index (χ4v) is 10.3. The van der Waals surface area contributed by atoms with Gasteiger partial charge >= 0.3 is 18.1 Å². The van der Waals surface area contributed by atoms with Gasteiger partial charge in [0.05, 0.1) is 55.3 Å². The van der Waals surface area contributed by atoms with E-state index in [1.54, 1.807) is 6.92 Å².